The number of fused-ring (bicyclic) bond motifs is 1. The second-order valence-corrected chi connectivity index (χ2v) is 6.67. The summed E-state index contributed by atoms with van der Waals surface area (Å²) in [5.41, 5.74) is 1.94. The van der Waals surface area contributed by atoms with Crippen LogP contribution in [0, 0.1) is 0 Å². The molecule has 1 saturated carbocycles. The molecule has 0 amide bonds. The van der Waals surface area contributed by atoms with Crippen LogP contribution in [0.1, 0.15) is 44.6 Å². The van der Waals surface area contributed by atoms with Gasteiger partial charge >= 0.3 is 0 Å². The second-order valence-electron chi connectivity index (χ2n) is 6.27. The van der Waals surface area contributed by atoms with Crippen molar-refractivity contribution >= 4 is 22.9 Å². The number of imidazole rings is 1. The van der Waals surface area contributed by atoms with Gasteiger partial charge in [-0.05, 0) is 30.9 Å². The van der Waals surface area contributed by atoms with E-state index >= 15 is 0 Å². The average Bonchev–Trinajstić information content (AvgIpc) is 3.07. The van der Waals surface area contributed by atoms with Crippen LogP contribution in [0.2, 0.25) is 0 Å². The largest absolute Gasteiger partial charge is 0.382 e. The number of nitrogens with zero attached hydrogens (tertiary/aromatic N) is 2. The number of ether oxygens (including phenoxy) is 1. The molecule has 0 aromatic carbocycles. The Kier molecular flexibility index (Phi) is 4.97. The van der Waals surface area contributed by atoms with Crippen molar-refractivity contribution < 1.29 is 4.74 Å². The molecule has 23 heavy (non-hydrogen) atoms. The Bertz CT molecular complexity index is 684. The summed E-state index contributed by atoms with van der Waals surface area (Å²) < 4.78 is 8.34. The SMILES string of the molecule is CCCOC1CCCCC1(C(=S)NC)c1ccc2nccn2c1. The second kappa shape index (κ2) is 6.97. The Morgan fingerprint density at radius 3 is 3.13 bits per heavy atom. The smallest absolute Gasteiger partial charge is 0.136 e. The molecule has 2 aromatic heterocycles. The zero-order valence-corrected chi connectivity index (χ0v) is 14.7. The van der Waals surface area contributed by atoms with E-state index < -0.39 is 0 Å². The number of hydrogen-bond donors (Lipinski definition) is 1. The summed E-state index contributed by atoms with van der Waals surface area (Å²) in [6, 6.07) is 4.24. The van der Waals surface area contributed by atoms with Gasteiger partial charge in [-0.1, -0.05) is 38.0 Å². The zero-order chi connectivity index (χ0) is 16.3. The van der Waals surface area contributed by atoms with E-state index in [0.717, 1.165) is 36.5 Å². The van der Waals surface area contributed by atoms with Crippen LogP contribution in [0.5, 0.6) is 0 Å². The monoisotopic (exact) mass is 331 g/mol. The van der Waals surface area contributed by atoms with Gasteiger partial charge < -0.3 is 14.5 Å². The Balaban J connectivity index is 2.08. The number of pyridine rings is 1. The maximum Gasteiger partial charge on any atom is 0.136 e. The van der Waals surface area contributed by atoms with E-state index in [9.17, 15) is 0 Å². The van der Waals surface area contributed by atoms with Gasteiger partial charge in [0.2, 0.25) is 0 Å². The molecule has 0 aliphatic heterocycles. The Hall–Kier alpha value is -1.46. The van der Waals surface area contributed by atoms with Crippen molar-refractivity contribution in [3.8, 4) is 0 Å². The number of likely N-dealkylation sites (N-methyl/N-ethyl adjacent to an activating group) is 1. The first-order valence-corrected chi connectivity index (χ1v) is 8.90. The van der Waals surface area contributed by atoms with Crippen molar-refractivity contribution in [2.45, 2.75) is 50.5 Å². The van der Waals surface area contributed by atoms with Gasteiger partial charge in [-0.3, -0.25) is 0 Å². The highest BCUT2D eigenvalue weighted by molar-refractivity contribution is 7.80. The molecule has 1 aliphatic carbocycles. The van der Waals surface area contributed by atoms with Gasteiger partial charge in [-0.15, -0.1) is 0 Å². The van der Waals surface area contributed by atoms with E-state index in [1.165, 1.54) is 18.4 Å². The summed E-state index contributed by atoms with van der Waals surface area (Å²) in [4.78, 5) is 5.23. The predicted octanol–water partition coefficient (Wildman–Crippen LogP) is 3.49. The van der Waals surface area contributed by atoms with Crippen molar-refractivity contribution in [1.82, 2.24) is 14.7 Å². The number of hydrogen-bond acceptors (Lipinski definition) is 3. The Morgan fingerprint density at radius 1 is 1.48 bits per heavy atom. The van der Waals surface area contributed by atoms with Crippen LogP contribution in [-0.4, -0.2) is 34.1 Å². The minimum Gasteiger partial charge on any atom is -0.382 e. The lowest BCUT2D eigenvalue weighted by Crippen LogP contribution is -2.53. The van der Waals surface area contributed by atoms with Crippen molar-refractivity contribution in [3.05, 3.63) is 36.3 Å². The van der Waals surface area contributed by atoms with Crippen molar-refractivity contribution in [1.29, 1.82) is 0 Å². The lowest BCUT2D eigenvalue weighted by Gasteiger charge is -2.44. The molecule has 2 heterocycles. The molecule has 1 fully saturated rings. The van der Waals surface area contributed by atoms with Gasteiger partial charge in [0, 0.05) is 32.2 Å². The van der Waals surface area contributed by atoms with Gasteiger partial charge in [-0.2, -0.15) is 0 Å². The molecule has 2 aromatic rings. The molecule has 0 spiro atoms. The van der Waals surface area contributed by atoms with E-state index in [2.05, 4.69) is 40.0 Å². The van der Waals surface area contributed by atoms with E-state index in [0.29, 0.717) is 0 Å². The van der Waals surface area contributed by atoms with Gasteiger partial charge in [0.15, 0.2) is 0 Å². The molecule has 2 unspecified atom stereocenters. The maximum atomic E-state index is 6.27. The third kappa shape index (κ3) is 2.88. The molecule has 1 N–H and O–H groups in total. The molecule has 0 saturated heterocycles. The van der Waals surface area contributed by atoms with Crippen LogP contribution in [0.25, 0.3) is 5.65 Å². The van der Waals surface area contributed by atoms with Crippen molar-refractivity contribution in [2.24, 2.45) is 0 Å². The van der Waals surface area contributed by atoms with E-state index in [4.69, 9.17) is 17.0 Å². The Labute approximate surface area is 143 Å². The fourth-order valence-electron chi connectivity index (χ4n) is 3.75. The zero-order valence-electron chi connectivity index (χ0n) is 13.9. The predicted molar refractivity (Wildman–Crippen MR) is 97.0 cm³/mol. The molecule has 5 heteroatoms. The number of rotatable bonds is 5. The number of aromatic nitrogens is 2. The van der Waals surface area contributed by atoms with Crippen LogP contribution in [0.4, 0.5) is 0 Å². The van der Waals surface area contributed by atoms with Gasteiger partial charge in [0.05, 0.1) is 16.5 Å². The first-order valence-electron chi connectivity index (χ1n) is 8.49. The quantitative estimate of drug-likeness (QED) is 0.851. The summed E-state index contributed by atoms with van der Waals surface area (Å²) >= 11 is 5.78. The van der Waals surface area contributed by atoms with Crippen LogP contribution in [-0.2, 0) is 10.2 Å². The fourth-order valence-corrected chi connectivity index (χ4v) is 4.11. The highest BCUT2D eigenvalue weighted by Crippen LogP contribution is 2.42. The molecule has 4 nitrogen and oxygen atoms in total. The summed E-state index contributed by atoms with van der Waals surface area (Å²) in [6.45, 7) is 2.94. The van der Waals surface area contributed by atoms with Crippen LogP contribution >= 0.6 is 12.2 Å². The van der Waals surface area contributed by atoms with Gasteiger partial charge in [-0.25, -0.2) is 4.98 Å². The van der Waals surface area contributed by atoms with Crippen molar-refractivity contribution in [2.75, 3.05) is 13.7 Å². The average molecular weight is 331 g/mol. The van der Waals surface area contributed by atoms with Crippen LogP contribution in [0.15, 0.2) is 30.7 Å². The number of thiocarbonyl (C=S) groups is 1. The normalized spacial score (nSPS) is 24.7. The topological polar surface area (TPSA) is 38.6 Å². The molecular weight excluding hydrogens is 306 g/mol. The summed E-state index contributed by atoms with van der Waals surface area (Å²) in [7, 11) is 1.92. The third-order valence-corrected chi connectivity index (χ3v) is 5.46. The maximum absolute atomic E-state index is 6.27. The van der Waals surface area contributed by atoms with E-state index in [1.807, 2.05) is 19.4 Å². The summed E-state index contributed by atoms with van der Waals surface area (Å²) in [5, 5.41) is 3.25. The van der Waals surface area contributed by atoms with E-state index in [1.54, 1.807) is 0 Å². The standard InChI is InChI=1S/C18H25N3OS/c1-3-12-22-15-6-4-5-9-18(15,17(23)19-2)14-7-8-16-20-10-11-21(16)13-14/h7-8,10-11,13,15H,3-6,9,12H2,1-2H3,(H,19,23). The minimum absolute atomic E-state index is 0.136. The molecule has 3 rings (SSSR count). The first-order chi connectivity index (χ1) is 11.2. The summed E-state index contributed by atoms with van der Waals surface area (Å²) in [5.74, 6) is 0. The Morgan fingerprint density at radius 2 is 2.35 bits per heavy atom. The first kappa shape index (κ1) is 16.4. The molecule has 1 aliphatic rings. The number of nitrogens with one attached hydrogen (secondary N) is 1. The van der Waals surface area contributed by atoms with Gasteiger partial charge in [0.25, 0.3) is 0 Å². The lowest BCUT2D eigenvalue weighted by molar-refractivity contribution is -0.00543. The van der Waals surface area contributed by atoms with Crippen LogP contribution in [0.3, 0.4) is 0 Å². The molecule has 124 valence electrons. The van der Waals surface area contributed by atoms with E-state index in [-0.39, 0.29) is 11.5 Å². The minimum atomic E-state index is -0.240. The molecule has 0 bridgehead atoms. The lowest BCUT2D eigenvalue weighted by atomic mass is 9.67. The van der Waals surface area contributed by atoms with Gasteiger partial charge in [0.1, 0.15) is 5.65 Å². The fraction of sp³-hybridized carbons (Fsp3) is 0.556. The highest BCUT2D eigenvalue weighted by Gasteiger charge is 2.46. The highest BCUT2D eigenvalue weighted by atomic mass is 32.1. The summed E-state index contributed by atoms with van der Waals surface area (Å²) in [6.07, 6.45) is 11.6. The molecule has 2 atom stereocenters. The third-order valence-electron chi connectivity index (χ3n) is 4.90. The van der Waals surface area contributed by atoms with Crippen molar-refractivity contribution in [3.63, 3.8) is 0 Å². The van der Waals surface area contributed by atoms with Crippen LogP contribution < -0.4 is 5.32 Å². The molecular formula is C18H25N3OS. The molecule has 0 radical (unpaired) electrons.